The Balaban J connectivity index is 0.00000684. The number of carbonyl (C=O) groups is 1. The molecule has 0 aliphatic heterocycles. The predicted molar refractivity (Wildman–Crippen MR) is 155 cm³/mol. The van der Waals surface area contributed by atoms with Crippen LogP contribution in [0.3, 0.4) is 0 Å². The van der Waals surface area contributed by atoms with Crippen molar-refractivity contribution in [3.05, 3.63) is 46.5 Å². The van der Waals surface area contributed by atoms with Crippen LogP contribution in [0.25, 0.3) is 0 Å². The van der Waals surface area contributed by atoms with Crippen LogP contribution in [0.1, 0.15) is 89.3 Å². The van der Waals surface area contributed by atoms with Gasteiger partial charge in [0.2, 0.25) is 0 Å². The van der Waals surface area contributed by atoms with Crippen LogP contribution in [0.2, 0.25) is 0 Å². The quantitative estimate of drug-likeness (QED) is 0.240. The Morgan fingerprint density at radius 1 is 0.730 bits per heavy atom. The van der Waals surface area contributed by atoms with Crippen molar-refractivity contribution < 1.29 is 39.3 Å². The molecular formula is C31H48LiO4P. The van der Waals surface area contributed by atoms with Gasteiger partial charge in [0.25, 0.3) is 0 Å². The fourth-order valence-electron chi connectivity index (χ4n) is 3.94. The molecule has 6 heteroatoms. The summed E-state index contributed by atoms with van der Waals surface area (Å²) in [7, 11) is -0.0953. The Morgan fingerprint density at radius 3 is 1.54 bits per heavy atom. The van der Waals surface area contributed by atoms with Crippen molar-refractivity contribution in [1.29, 1.82) is 0 Å². The van der Waals surface area contributed by atoms with Gasteiger partial charge < -0.3 is 15.6 Å². The van der Waals surface area contributed by atoms with E-state index < -0.39 is 0 Å². The Hall–Kier alpha value is -1.46. The third kappa shape index (κ3) is 11.4. The molecule has 0 N–H and O–H groups in total. The Morgan fingerprint density at radius 2 is 1.14 bits per heavy atom. The minimum absolute atomic E-state index is 0. The van der Waals surface area contributed by atoms with Crippen LogP contribution < -0.4 is 38.4 Å². The third-order valence-corrected chi connectivity index (χ3v) is 7.27. The van der Waals surface area contributed by atoms with E-state index in [2.05, 4.69) is 60.6 Å². The van der Waals surface area contributed by atoms with E-state index in [4.69, 9.17) is 14.2 Å². The molecule has 0 spiro atoms. The van der Waals surface area contributed by atoms with Crippen LogP contribution in [-0.4, -0.2) is 25.3 Å². The Kier molecular flexibility index (Phi) is 15.0. The molecule has 0 bridgehead atoms. The molecule has 0 aromatic heterocycles. The van der Waals surface area contributed by atoms with E-state index in [0.717, 1.165) is 47.0 Å². The average Bonchev–Trinajstić information content (AvgIpc) is 2.74. The Labute approximate surface area is 241 Å². The molecule has 0 aliphatic rings. The molecule has 2 aromatic rings. The van der Waals surface area contributed by atoms with Gasteiger partial charge in [0.05, 0.1) is 25.1 Å². The number of rotatable bonds is 15. The van der Waals surface area contributed by atoms with E-state index in [-0.39, 0.29) is 34.4 Å². The van der Waals surface area contributed by atoms with Gasteiger partial charge in [-0.2, -0.15) is 0 Å². The van der Waals surface area contributed by atoms with Crippen LogP contribution in [0.15, 0.2) is 24.3 Å². The maximum atomic E-state index is 13.6. The number of aryl methyl sites for hydroxylation is 3. The van der Waals surface area contributed by atoms with Crippen LogP contribution in [0, 0.1) is 38.5 Å². The zero-order valence-electron chi connectivity index (χ0n) is 25.9. The zero-order chi connectivity index (χ0) is 26.8. The molecule has 0 saturated carbocycles. The summed E-state index contributed by atoms with van der Waals surface area (Å²) in [5.74, 6) is 3.76. The largest absolute Gasteiger partial charge is 1.00 e. The molecule has 0 radical (unpaired) electrons. The molecule has 1 unspecified atom stereocenters. The predicted octanol–water partition coefficient (Wildman–Crippen LogP) is 5.15. The number of carbonyl (C=O) groups excluding carboxylic acids is 1. The van der Waals surface area contributed by atoms with Gasteiger partial charge in [-0.05, 0) is 77.5 Å². The van der Waals surface area contributed by atoms with E-state index in [1.165, 1.54) is 5.56 Å². The summed E-state index contributed by atoms with van der Waals surface area (Å²) < 4.78 is 18.7. The first-order valence-corrected chi connectivity index (χ1v) is 14.4. The summed E-state index contributed by atoms with van der Waals surface area (Å²) in [4.78, 5) is 13.6. The first-order chi connectivity index (χ1) is 17.0. The van der Waals surface area contributed by atoms with Gasteiger partial charge in [-0.3, -0.25) is 4.79 Å². The van der Waals surface area contributed by atoms with Crippen LogP contribution in [-0.2, 0) is 0 Å². The van der Waals surface area contributed by atoms with E-state index in [9.17, 15) is 4.79 Å². The third-order valence-electron chi connectivity index (χ3n) is 6.05. The number of benzene rings is 2. The van der Waals surface area contributed by atoms with Crippen molar-refractivity contribution in [2.45, 2.75) is 81.6 Å². The van der Waals surface area contributed by atoms with E-state index in [1.807, 2.05) is 26.0 Å². The van der Waals surface area contributed by atoms with Crippen molar-refractivity contribution in [2.75, 3.05) is 19.8 Å². The van der Waals surface area contributed by atoms with Crippen molar-refractivity contribution in [3.63, 3.8) is 0 Å². The van der Waals surface area contributed by atoms with Gasteiger partial charge in [-0.1, -0.05) is 59.2 Å². The van der Waals surface area contributed by atoms with Gasteiger partial charge >= 0.3 is 18.9 Å². The van der Waals surface area contributed by atoms with Crippen molar-refractivity contribution in [1.82, 2.24) is 0 Å². The molecule has 4 nitrogen and oxygen atoms in total. The van der Waals surface area contributed by atoms with Crippen molar-refractivity contribution >= 4 is 19.4 Å². The average molecular weight is 523 g/mol. The van der Waals surface area contributed by atoms with E-state index in [1.54, 1.807) is 0 Å². The van der Waals surface area contributed by atoms with Crippen molar-refractivity contribution in [3.8, 4) is 17.2 Å². The number of hydrogen-bond donors (Lipinski definition) is 0. The van der Waals surface area contributed by atoms with Gasteiger partial charge in [0.15, 0.2) is 5.52 Å². The van der Waals surface area contributed by atoms with Gasteiger partial charge in [0, 0.05) is 17.7 Å². The summed E-state index contributed by atoms with van der Waals surface area (Å²) in [6.07, 6.45) is 2.85. The second-order valence-corrected chi connectivity index (χ2v) is 12.3. The normalized spacial score (nSPS) is 11.5. The SMILES string of the molecule is Cc1cc(C)c(C(=O)Pc2c(OCCC(C)C)cc(OCCC(C)C)cc2OCCC(C)C)c(C)c1.[H-].[Li+]. The smallest absolute Gasteiger partial charge is 1.00 e. The molecule has 0 saturated heterocycles. The molecule has 0 heterocycles. The van der Waals surface area contributed by atoms with E-state index in [0.29, 0.717) is 49.1 Å². The summed E-state index contributed by atoms with van der Waals surface area (Å²) >= 11 is 0. The molecule has 202 valence electrons. The second kappa shape index (κ2) is 16.5. The minimum Gasteiger partial charge on any atom is -1.00 e. The fraction of sp³-hybridized carbons (Fsp3) is 0.581. The summed E-state index contributed by atoms with van der Waals surface area (Å²) in [5.41, 5.74) is 4.12. The fourth-order valence-corrected chi connectivity index (χ4v) is 5.22. The minimum atomic E-state index is -0.0953. The van der Waals surface area contributed by atoms with Crippen LogP contribution in [0.5, 0.6) is 17.2 Å². The first kappa shape index (κ1) is 33.6. The zero-order valence-corrected chi connectivity index (χ0v) is 25.9. The van der Waals surface area contributed by atoms with Crippen molar-refractivity contribution in [2.24, 2.45) is 17.8 Å². The summed E-state index contributed by atoms with van der Waals surface area (Å²) in [6.45, 7) is 21.0. The maximum Gasteiger partial charge on any atom is 1.00 e. The molecule has 37 heavy (non-hydrogen) atoms. The van der Waals surface area contributed by atoms with E-state index >= 15 is 0 Å². The monoisotopic (exact) mass is 522 g/mol. The molecule has 2 rings (SSSR count). The van der Waals surface area contributed by atoms with Gasteiger partial charge in [-0.25, -0.2) is 0 Å². The molecule has 2 aromatic carbocycles. The van der Waals surface area contributed by atoms with Gasteiger partial charge in [-0.15, -0.1) is 0 Å². The maximum absolute atomic E-state index is 13.6. The van der Waals surface area contributed by atoms with Gasteiger partial charge in [0.1, 0.15) is 17.2 Å². The number of ether oxygens (including phenoxy) is 3. The Bertz CT molecular complexity index is 949. The molecule has 0 aliphatic carbocycles. The standard InChI is InChI=1S/C31H47O4P.Li.H/c1-20(2)10-13-33-26-18-27(34-14-11-21(3)4)30(28(19-26)35-15-12-22(5)6)36-31(32)29-24(8)16-23(7)17-25(29)9;;/h16-22,36H,10-15H2,1-9H3;;/q;+1;-1. The molecule has 0 amide bonds. The first-order valence-electron chi connectivity index (χ1n) is 13.4. The molecule has 1 atom stereocenters. The molecule has 0 fully saturated rings. The molecular weight excluding hydrogens is 474 g/mol. The van der Waals surface area contributed by atoms with Crippen LogP contribution in [0.4, 0.5) is 0 Å². The second-order valence-electron chi connectivity index (χ2n) is 11.1. The summed E-state index contributed by atoms with van der Waals surface area (Å²) in [6, 6.07) is 8.05. The number of hydrogen-bond acceptors (Lipinski definition) is 4. The summed E-state index contributed by atoms with van der Waals surface area (Å²) in [5, 5.41) is 0.836. The topological polar surface area (TPSA) is 44.8 Å². The van der Waals surface area contributed by atoms with Crippen LogP contribution >= 0.6 is 8.58 Å².